The first-order valence-corrected chi connectivity index (χ1v) is 7.03. The van der Waals surface area contributed by atoms with Crippen LogP contribution in [0.2, 0.25) is 0 Å². The number of fused-ring (bicyclic) bond motifs is 1. The first kappa shape index (κ1) is 14.6. The van der Waals surface area contributed by atoms with E-state index in [-0.39, 0.29) is 11.7 Å². The van der Waals surface area contributed by atoms with E-state index in [1.54, 1.807) is 6.07 Å². The zero-order chi connectivity index (χ0) is 14.7. The van der Waals surface area contributed by atoms with E-state index in [0.29, 0.717) is 11.4 Å². The van der Waals surface area contributed by atoms with Crippen LogP contribution in [0.4, 0.5) is 11.6 Å². The van der Waals surface area contributed by atoms with Crippen molar-refractivity contribution in [2.45, 2.75) is 26.3 Å². The smallest absolute Gasteiger partial charge is 0.271 e. The van der Waals surface area contributed by atoms with Gasteiger partial charge in [0.15, 0.2) is 0 Å². The van der Waals surface area contributed by atoms with Crippen LogP contribution in [0, 0.1) is 10.1 Å². The lowest BCUT2D eigenvalue weighted by Crippen LogP contribution is -2.32. The zero-order valence-corrected chi connectivity index (χ0v) is 12.2. The van der Waals surface area contributed by atoms with Crippen LogP contribution in [0.25, 0.3) is 11.0 Å². The molecule has 1 aromatic heterocycles. The van der Waals surface area contributed by atoms with E-state index in [2.05, 4.69) is 28.7 Å². The minimum Gasteiger partial charge on any atom is -0.340 e. The molecular formula is C13H17ClN4O2. The molecule has 0 fully saturated rings. The molecule has 1 aromatic carbocycles. The van der Waals surface area contributed by atoms with Crippen molar-refractivity contribution < 1.29 is 4.92 Å². The number of aromatic amines is 1. The quantitative estimate of drug-likeness (QED) is 0.504. The number of aromatic nitrogens is 2. The van der Waals surface area contributed by atoms with Crippen LogP contribution in [-0.4, -0.2) is 33.4 Å². The molecule has 20 heavy (non-hydrogen) atoms. The Kier molecular flexibility index (Phi) is 4.44. The lowest BCUT2D eigenvalue weighted by Gasteiger charge is -2.25. The fourth-order valence-electron chi connectivity index (χ4n) is 2.07. The number of non-ortho nitro benzene ring substituents is 1. The topological polar surface area (TPSA) is 75.1 Å². The summed E-state index contributed by atoms with van der Waals surface area (Å²) in [6.07, 6.45) is 0.858. The van der Waals surface area contributed by atoms with Gasteiger partial charge >= 0.3 is 0 Å². The summed E-state index contributed by atoms with van der Waals surface area (Å²) in [7, 11) is 0. The van der Waals surface area contributed by atoms with Crippen LogP contribution in [0.5, 0.6) is 0 Å². The summed E-state index contributed by atoms with van der Waals surface area (Å²) in [4.78, 5) is 20.1. The number of nitrogens with zero attached hydrogens (tertiary/aromatic N) is 3. The Morgan fingerprint density at radius 1 is 1.50 bits per heavy atom. The predicted octanol–water partition coefficient (Wildman–Crippen LogP) is 3.31. The molecule has 0 saturated heterocycles. The molecule has 0 amide bonds. The third-order valence-corrected chi connectivity index (χ3v) is 3.36. The average Bonchev–Trinajstić information content (AvgIpc) is 2.80. The molecule has 1 heterocycles. The van der Waals surface area contributed by atoms with Crippen molar-refractivity contribution >= 4 is 34.3 Å². The second kappa shape index (κ2) is 6.09. The molecule has 0 radical (unpaired) electrons. The van der Waals surface area contributed by atoms with Crippen LogP contribution < -0.4 is 4.90 Å². The normalized spacial score (nSPS) is 11.2. The predicted molar refractivity (Wildman–Crippen MR) is 80.6 cm³/mol. The molecule has 108 valence electrons. The summed E-state index contributed by atoms with van der Waals surface area (Å²) in [6, 6.07) is 4.90. The van der Waals surface area contributed by atoms with Gasteiger partial charge in [-0.05, 0) is 26.3 Å². The number of imidazole rings is 1. The molecule has 0 spiro atoms. The van der Waals surface area contributed by atoms with Gasteiger partial charge in [0.25, 0.3) is 5.69 Å². The number of benzene rings is 1. The molecule has 2 rings (SSSR count). The van der Waals surface area contributed by atoms with E-state index in [1.807, 2.05) is 0 Å². The second-order valence-corrected chi connectivity index (χ2v) is 5.23. The monoisotopic (exact) mass is 296 g/mol. The van der Waals surface area contributed by atoms with Gasteiger partial charge in [0.2, 0.25) is 5.95 Å². The van der Waals surface area contributed by atoms with Crippen molar-refractivity contribution in [2.75, 3.05) is 17.3 Å². The highest BCUT2D eigenvalue weighted by atomic mass is 35.5. The highest BCUT2D eigenvalue weighted by Crippen LogP contribution is 2.23. The highest BCUT2D eigenvalue weighted by molar-refractivity contribution is 6.17. The van der Waals surface area contributed by atoms with Gasteiger partial charge in [-0.3, -0.25) is 10.1 Å². The lowest BCUT2D eigenvalue weighted by atomic mass is 10.3. The molecule has 0 bridgehead atoms. The van der Waals surface area contributed by atoms with Crippen molar-refractivity contribution in [1.29, 1.82) is 0 Å². The summed E-state index contributed by atoms with van der Waals surface area (Å²) in [5.41, 5.74) is 1.46. The van der Waals surface area contributed by atoms with Gasteiger partial charge in [-0.2, -0.15) is 0 Å². The van der Waals surface area contributed by atoms with Crippen molar-refractivity contribution in [3.8, 4) is 0 Å². The van der Waals surface area contributed by atoms with E-state index in [0.717, 1.165) is 24.4 Å². The summed E-state index contributed by atoms with van der Waals surface area (Å²) >= 11 is 5.74. The van der Waals surface area contributed by atoms with Gasteiger partial charge < -0.3 is 9.88 Å². The molecule has 0 unspecified atom stereocenters. The Balaban J connectivity index is 2.36. The van der Waals surface area contributed by atoms with Gasteiger partial charge in [-0.15, -0.1) is 11.6 Å². The molecule has 1 N–H and O–H groups in total. The summed E-state index contributed by atoms with van der Waals surface area (Å²) in [5.74, 6) is 1.31. The number of alkyl halides is 1. The Hall–Kier alpha value is -1.82. The molecule has 0 aliphatic heterocycles. The maximum Gasteiger partial charge on any atom is 0.271 e. The van der Waals surface area contributed by atoms with E-state index in [1.165, 1.54) is 12.1 Å². The minimum absolute atomic E-state index is 0.0598. The fourth-order valence-corrected chi connectivity index (χ4v) is 2.19. The largest absolute Gasteiger partial charge is 0.340 e. The Morgan fingerprint density at radius 2 is 2.25 bits per heavy atom. The van der Waals surface area contributed by atoms with Crippen LogP contribution >= 0.6 is 11.6 Å². The van der Waals surface area contributed by atoms with Crippen LogP contribution in [-0.2, 0) is 0 Å². The molecule has 0 atom stereocenters. The Labute approximate surface area is 121 Å². The molecule has 7 heteroatoms. The fraction of sp³-hybridized carbons (Fsp3) is 0.462. The highest BCUT2D eigenvalue weighted by Gasteiger charge is 2.16. The first-order valence-electron chi connectivity index (χ1n) is 6.49. The van der Waals surface area contributed by atoms with Crippen molar-refractivity contribution in [1.82, 2.24) is 9.97 Å². The number of rotatable bonds is 6. The molecular weight excluding hydrogens is 280 g/mol. The van der Waals surface area contributed by atoms with Gasteiger partial charge in [0, 0.05) is 30.6 Å². The number of hydrogen-bond donors (Lipinski definition) is 1. The molecule has 6 nitrogen and oxygen atoms in total. The zero-order valence-electron chi connectivity index (χ0n) is 11.5. The van der Waals surface area contributed by atoms with Gasteiger partial charge in [-0.25, -0.2) is 4.98 Å². The number of hydrogen-bond acceptors (Lipinski definition) is 4. The SMILES string of the molecule is CC(C)N(CCCCl)c1nc2ccc([N+](=O)[O-])cc2[nH]1. The van der Waals surface area contributed by atoms with Gasteiger partial charge in [0.1, 0.15) is 0 Å². The molecule has 0 aliphatic carbocycles. The number of nitrogens with one attached hydrogen (secondary N) is 1. The number of H-pyrrole nitrogens is 1. The first-order chi connectivity index (χ1) is 9.52. The Morgan fingerprint density at radius 3 is 2.85 bits per heavy atom. The number of nitro groups is 1. The van der Waals surface area contributed by atoms with Gasteiger partial charge in [-0.1, -0.05) is 0 Å². The molecule has 0 aliphatic rings. The minimum atomic E-state index is -0.409. The third kappa shape index (κ3) is 3.01. The third-order valence-electron chi connectivity index (χ3n) is 3.09. The molecule has 2 aromatic rings. The van der Waals surface area contributed by atoms with Crippen molar-refractivity contribution in [3.63, 3.8) is 0 Å². The molecule has 0 saturated carbocycles. The maximum atomic E-state index is 10.8. The summed E-state index contributed by atoms with van der Waals surface area (Å²) in [5, 5.41) is 10.8. The van der Waals surface area contributed by atoms with Gasteiger partial charge in [0.05, 0.1) is 16.0 Å². The van der Waals surface area contributed by atoms with Crippen molar-refractivity contribution in [2.24, 2.45) is 0 Å². The van der Waals surface area contributed by atoms with E-state index >= 15 is 0 Å². The van der Waals surface area contributed by atoms with Crippen LogP contribution in [0.1, 0.15) is 20.3 Å². The summed E-state index contributed by atoms with van der Waals surface area (Å²) in [6.45, 7) is 4.94. The average molecular weight is 297 g/mol. The van der Waals surface area contributed by atoms with E-state index in [4.69, 9.17) is 11.6 Å². The number of anilines is 1. The Bertz CT molecular complexity index is 611. The maximum absolute atomic E-state index is 10.8. The number of nitro benzene ring substituents is 1. The van der Waals surface area contributed by atoms with Crippen molar-refractivity contribution in [3.05, 3.63) is 28.3 Å². The second-order valence-electron chi connectivity index (χ2n) is 4.85. The lowest BCUT2D eigenvalue weighted by molar-refractivity contribution is -0.384. The summed E-state index contributed by atoms with van der Waals surface area (Å²) < 4.78 is 0. The van der Waals surface area contributed by atoms with Crippen LogP contribution in [0.3, 0.4) is 0 Å². The van der Waals surface area contributed by atoms with Crippen LogP contribution in [0.15, 0.2) is 18.2 Å². The standard InChI is InChI=1S/C13H17ClN4O2/c1-9(2)17(7-3-6-14)13-15-11-5-4-10(18(19)20)8-12(11)16-13/h4-5,8-9H,3,6-7H2,1-2H3,(H,15,16). The van der Waals surface area contributed by atoms with E-state index < -0.39 is 4.92 Å². The number of halogens is 1. The van der Waals surface area contributed by atoms with E-state index in [9.17, 15) is 10.1 Å².